The monoisotopic (exact) mass is 193 g/mol. The molecule has 4 nitrogen and oxygen atoms in total. The standard InChI is InChI=1S/C10H9NO2.H2O/c12-10(13)8-5-7-3-1-2-4-9(7)11-6-8;/h1-5,11H,6H2,(H,12,13);1H2. The smallest absolute Gasteiger partial charge is 0.333 e. The van der Waals surface area contributed by atoms with Gasteiger partial charge in [-0.3, -0.25) is 0 Å². The number of aliphatic carboxylic acids is 1. The van der Waals surface area contributed by atoms with E-state index in [0.29, 0.717) is 12.1 Å². The average Bonchev–Trinajstić information content (AvgIpc) is 2.17. The lowest BCUT2D eigenvalue weighted by atomic mass is 10.1. The molecule has 74 valence electrons. The third-order valence-corrected chi connectivity index (χ3v) is 2.03. The fourth-order valence-electron chi connectivity index (χ4n) is 1.35. The summed E-state index contributed by atoms with van der Waals surface area (Å²) >= 11 is 0. The summed E-state index contributed by atoms with van der Waals surface area (Å²) in [5, 5.41) is 11.8. The van der Waals surface area contributed by atoms with Crippen LogP contribution in [0.5, 0.6) is 0 Å². The maximum Gasteiger partial charge on any atom is 0.333 e. The molecule has 2 rings (SSSR count). The van der Waals surface area contributed by atoms with Gasteiger partial charge in [0.05, 0.1) is 5.57 Å². The van der Waals surface area contributed by atoms with E-state index in [0.717, 1.165) is 11.3 Å². The molecule has 0 amide bonds. The maximum absolute atomic E-state index is 10.7. The first-order valence-corrected chi connectivity index (χ1v) is 4.04. The quantitative estimate of drug-likeness (QED) is 0.690. The number of benzene rings is 1. The van der Waals surface area contributed by atoms with Crippen LogP contribution >= 0.6 is 0 Å². The molecule has 0 fully saturated rings. The van der Waals surface area contributed by atoms with Crippen molar-refractivity contribution < 1.29 is 15.4 Å². The predicted molar refractivity (Wildman–Crippen MR) is 54.2 cm³/mol. The predicted octanol–water partition coefficient (Wildman–Crippen LogP) is 0.755. The molecule has 4 heteroatoms. The van der Waals surface area contributed by atoms with E-state index in [-0.39, 0.29) is 5.48 Å². The van der Waals surface area contributed by atoms with Crippen LogP contribution < -0.4 is 5.32 Å². The van der Waals surface area contributed by atoms with Gasteiger partial charge in [-0.05, 0) is 17.7 Å². The summed E-state index contributed by atoms with van der Waals surface area (Å²) in [6, 6.07) is 7.64. The van der Waals surface area contributed by atoms with Crippen LogP contribution in [0, 0.1) is 0 Å². The van der Waals surface area contributed by atoms with Gasteiger partial charge in [0, 0.05) is 12.2 Å². The minimum absolute atomic E-state index is 0. The number of rotatable bonds is 1. The summed E-state index contributed by atoms with van der Waals surface area (Å²) < 4.78 is 0. The van der Waals surface area contributed by atoms with Crippen molar-refractivity contribution in [2.45, 2.75) is 0 Å². The van der Waals surface area contributed by atoms with E-state index in [9.17, 15) is 4.79 Å². The number of hydrogen-bond acceptors (Lipinski definition) is 2. The van der Waals surface area contributed by atoms with Crippen molar-refractivity contribution in [1.29, 1.82) is 0 Å². The van der Waals surface area contributed by atoms with Gasteiger partial charge in [0.1, 0.15) is 0 Å². The Bertz CT molecular complexity index is 385. The number of carboxylic acids is 1. The molecule has 1 aliphatic rings. The summed E-state index contributed by atoms with van der Waals surface area (Å²) in [6.07, 6.45) is 1.70. The third kappa shape index (κ3) is 1.75. The molecule has 0 radical (unpaired) electrons. The molecule has 0 saturated carbocycles. The number of fused-ring (bicyclic) bond motifs is 1. The number of hydrogen-bond donors (Lipinski definition) is 2. The highest BCUT2D eigenvalue weighted by molar-refractivity contribution is 5.95. The number of nitrogens with one attached hydrogen (secondary N) is 1. The van der Waals surface area contributed by atoms with Crippen LogP contribution in [0.3, 0.4) is 0 Å². The van der Waals surface area contributed by atoms with Crippen LogP contribution in [-0.4, -0.2) is 23.1 Å². The Balaban J connectivity index is 0.000000980. The van der Waals surface area contributed by atoms with Gasteiger partial charge in [0.2, 0.25) is 0 Å². The van der Waals surface area contributed by atoms with Crippen molar-refractivity contribution in [3.05, 3.63) is 35.4 Å². The second-order valence-electron chi connectivity index (χ2n) is 2.92. The van der Waals surface area contributed by atoms with Crippen LogP contribution in [0.4, 0.5) is 5.69 Å². The van der Waals surface area contributed by atoms with Gasteiger partial charge in [-0.1, -0.05) is 18.2 Å². The highest BCUT2D eigenvalue weighted by atomic mass is 16.4. The first-order chi connectivity index (χ1) is 6.27. The molecule has 4 N–H and O–H groups in total. The minimum Gasteiger partial charge on any atom is -0.478 e. The number of carboxylic acid groups (broad SMARTS) is 1. The topological polar surface area (TPSA) is 80.8 Å². The Morgan fingerprint density at radius 1 is 1.36 bits per heavy atom. The lowest BCUT2D eigenvalue weighted by Gasteiger charge is -2.15. The van der Waals surface area contributed by atoms with E-state index in [1.54, 1.807) is 6.08 Å². The fraction of sp³-hybridized carbons (Fsp3) is 0.100. The zero-order chi connectivity index (χ0) is 9.26. The van der Waals surface area contributed by atoms with Crippen molar-refractivity contribution >= 4 is 17.7 Å². The second-order valence-corrected chi connectivity index (χ2v) is 2.92. The Morgan fingerprint density at radius 3 is 2.79 bits per heavy atom. The van der Waals surface area contributed by atoms with Gasteiger partial charge in [-0.15, -0.1) is 0 Å². The van der Waals surface area contributed by atoms with Gasteiger partial charge in [0.25, 0.3) is 0 Å². The lowest BCUT2D eigenvalue weighted by molar-refractivity contribution is -0.132. The van der Waals surface area contributed by atoms with E-state index in [1.165, 1.54) is 0 Å². The molecule has 0 spiro atoms. The van der Waals surface area contributed by atoms with Crippen molar-refractivity contribution in [3.63, 3.8) is 0 Å². The van der Waals surface area contributed by atoms with Gasteiger partial charge in [-0.25, -0.2) is 4.79 Å². The highest BCUT2D eigenvalue weighted by Crippen LogP contribution is 2.22. The van der Waals surface area contributed by atoms with Crippen molar-refractivity contribution in [2.24, 2.45) is 0 Å². The zero-order valence-corrected chi connectivity index (χ0v) is 7.45. The molecule has 0 atom stereocenters. The van der Waals surface area contributed by atoms with E-state index < -0.39 is 5.97 Å². The molecular formula is C10H11NO3. The summed E-state index contributed by atoms with van der Waals surface area (Å²) in [6.45, 7) is 0.395. The molecule has 1 heterocycles. The van der Waals surface area contributed by atoms with E-state index in [1.807, 2.05) is 24.3 Å². The Hall–Kier alpha value is -1.81. The van der Waals surface area contributed by atoms with Crippen LogP contribution in [0.2, 0.25) is 0 Å². The Kier molecular flexibility index (Phi) is 2.89. The first kappa shape index (κ1) is 10.3. The SMILES string of the molecule is O.O=C(O)C1=Cc2ccccc2NC1. The molecule has 0 bridgehead atoms. The Morgan fingerprint density at radius 2 is 2.07 bits per heavy atom. The minimum atomic E-state index is -0.859. The molecule has 1 aliphatic heterocycles. The number of para-hydroxylation sites is 1. The Labute approximate surface area is 81.2 Å². The number of anilines is 1. The highest BCUT2D eigenvalue weighted by Gasteiger charge is 2.13. The van der Waals surface area contributed by atoms with Crippen LogP contribution in [-0.2, 0) is 4.79 Å². The van der Waals surface area contributed by atoms with E-state index >= 15 is 0 Å². The zero-order valence-electron chi connectivity index (χ0n) is 7.45. The van der Waals surface area contributed by atoms with Crippen LogP contribution in [0.1, 0.15) is 5.56 Å². The molecule has 0 saturated heterocycles. The normalized spacial score (nSPS) is 13.0. The van der Waals surface area contributed by atoms with Crippen molar-refractivity contribution in [3.8, 4) is 0 Å². The largest absolute Gasteiger partial charge is 0.478 e. The van der Waals surface area contributed by atoms with Crippen LogP contribution in [0.15, 0.2) is 29.8 Å². The van der Waals surface area contributed by atoms with Gasteiger partial charge >= 0.3 is 5.97 Å². The summed E-state index contributed by atoms with van der Waals surface area (Å²) in [5.74, 6) is -0.859. The molecular weight excluding hydrogens is 182 g/mol. The fourth-order valence-corrected chi connectivity index (χ4v) is 1.35. The summed E-state index contributed by atoms with van der Waals surface area (Å²) in [4.78, 5) is 10.7. The third-order valence-electron chi connectivity index (χ3n) is 2.03. The molecule has 0 aromatic heterocycles. The van der Waals surface area contributed by atoms with Crippen LogP contribution in [0.25, 0.3) is 6.08 Å². The van der Waals surface area contributed by atoms with Gasteiger partial charge in [0.15, 0.2) is 0 Å². The van der Waals surface area contributed by atoms with E-state index in [4.69, 9.17) is 5.11 Å². The molecule has 0 unspecified atom stereocenters. The second kappa shape index (κ2) is 3.93. The summed E-state index contributed by atoms with van der Waals surface area (Å²) in [7, 11) is 0. The van der Waals surface area contributed by atoms with Crippen molar-refractivity contribution in [2.75, 3.05) is 11.9 Å². The average molecular weight is 193 g/mol. The number of carbonyl (C=O) groups is 1. The molecule has 0 aliphatic carbocycles. The maximum atomic E-state index is 10.7. The van der Waals surface area contributed by atoms with E-state index in [2.05, 4.69) is 5.32 Å². The van der Waals surface area contributed by atoms with Crippen molar-refractivity contribution in [1.82, 2.24) is 0 Å². The molecule has 14 heavy (non-hydrogen) atoms. The first-order valence-electron chi connectivity index (χ1n) is 4.04. The molecule has 1 aromatic carbocycles. The lowest BCUT2D eigenvalue weighted by Crippen LogP contribution is -2.16. The summed E-state index contributed by atoms with van der Waals surface area (Å²) in [5.41, 5.74) is 2.33. The molecule has 1 aromatic rings. The van der Waals surface area contributed by atoms with Gasteiger partial charge in [-0.2, -0.15) is 0 Å². The van der Waals surface area contributed by atoms with Gasteiger partial charge < -0.3 is 15.9 Å².